The molecule has 0 radical (unpaired) electrons. The van der Waals surface area contributed by atoms with Gasteiger partial charge in [-0.3, -0.25) is 5.01 Å². The van der Waals surface area contributed by atoms with E-state index in [1.165, 1.54) is 4.88 Å². The van der Waals surface area contributed by atoms with Gasteiger partial charge < -0.3 is 4.42 Å². The van der Waals surface area contributed by atoms with Gasteiger partial charge in [-0.15, -0.1) is 11.3 Å². The summed E-state index contributed by atoms with van der Waals surface area (Å²) < 4.78 is 6.70. The summed E-state index contributed by atoms with van der Waals surface area (Å²) in [6.07, 6.45) is 2.57. The van der Waals surface area contributed by atoms with Crippen molar-refractivity contribution >= 4 is 38.7 Å². The molecule has 0 spiro atoms. The Labute approximate surface area is 141 Å². The van der Waals surface area contributed by atoms with E-state index in [0.29, 0.717) is 0 Å². The second kappa shape index (κ2) is 5.74. The smallest absolute Gasteiger partial charge is 0.128 e. The molecule has 0 aliphatic carbocycles. The molecule has 1 aliphatic rings. The first kappa shape index (κ1) is 13.8. The van der Waals surface area contributed by atoms with E-state index in [1.54, 1.807) is 17.6 Å². The van der Waals surface area contributed by atoms with Crippen LogP contribution in [0.15, 0.2) is 74.2 Å². The average molecular weight is 373 g/mol. The fraction of sp³-hybridized carbons (Fsp3) is 0.118. The molecule has 2 aromatic heterocycles. The van der Waals surface area contributed by atoms with Crippen LogP contribution in [-0.4, -0.2) is 5.71 Å². The van der Waals surface area contributed by atoms with Crippen LogP contribution in [0.2, 0.25) is 0 Å². The summed E-state index contributed by atoms with van der Waals surface area (Å²) in [6, 6.07) is 16.4. The van der Waals surface area contributed by atoms with E-state index < -0.39 is 0 Å². The standard InChI is InChI=1S/C17H13BrN2OS/c18-12-5-7-13(8-6-12)20-15(16-3-1-9-21-16)11-14(19-20)17-4-2-10-22-17/h1-10,15H,11H2/t15-/m1/s1. The highest BCUT2D eigenvalue weighted by molar-refractivity contribution is 9.10. The lowest BCUT2D eigenvalue weighted by atomic mass is 10.1. The average Bonchev–Trinajstić information content (AvgIpc) is 3.27. The van der Waals surface area contributed by atoms with Crippen LogP contribution >= 0.6 is 27.3 Å². The quantitative estimate of drug-likeness (QED) is 0.610. The minimum atomic E-state index is 0.105. The van der Waals surface area contributed by atoms with Gasteiger partial charge in [0.1, 0.15) is 11.8 Å². The number of hydrogen-bond donors (Lipinski definition) is 0. The van der Waals surface area contributed by atoms with Crippen LogP contribution in [0.4, 0.5) is 5.69 Å². The summed E-state index contributed by atoms with van der Waals surface area (Å²) in [5.41, 5.74) is 2.18. The number of anilines is 1. The lowest BCUT2D eigenvalue weighted by molar-refractivity contribution is 0.465. The molecule has 0 amide bonds. The first-order valence-electron chi connectivity index (χ1n) is 7.01. The normalized spacial score (nSPS) is 17.8. The van der Waals surface area contributed by atoms with Gasteiger partial charge in [-0.1, -0.05) is 22.0 Å². The van der Waals surface area contributed by atoms with Crippen molar-refractivity contribution in [2.45, 2.75) is 12.5 Å². The molecule has 0 fully saturated rings. The molecular weight excluding hydrogens is 360 g/mol. The van der Waals surface area contributed by atoms with Crippen LogP contribution in [0, 0.1) is 0 Å². The maximum Gasteiger partial charge on any atom is 0.128 e. The van der Waals surface area contributed by atoms with Gasteiger partial charge in [0, 0.05) is 10.9 Å². The maximum atomic E-state index is 5.64. The van der Waals surface area contributed by atoms with Gasteiger partial charge in [0.25, 0.3) is 0 Å². The first-order chi connectivity index (χ1) is 10.8. The van der Waals surface area contributed by atoms with Crippen LogP contribution in [0.5, 0.6) is 0 Å². The molecule has 1 aromatic carbocycles. The molecule has 1 atom stereocenters. The van der Waals surface area contributed by atoms with Gasteiger partial charge in [-0.05, 0) is 47.8 Å². The highest BCUT2D eigenvalue weighted by Gasteiger charge is 2.32. The van der Waals surface area contributed by atoms with Crippen LogP contribution in [0.1, 0.15) is 23.1 Å². The van der Waals surface area contributed by atoms with Crippen molar-refractivity contribution in [1.29, 1.82) is 0 Å². The summed E-state index contributed by atoms with van der Waals surface area (Å²) in [5, 5.41) is 8.99. The lowest BCUT2D eigenvalue weighted by Crippen LogP contribution is -2.17. The number of thiophene rings is 1. The van der Waals surface area contributed by atoms with Crippen LogP contribution in [0.25, 0.3) is 0 Å². The van der Waals surface area contributed by atoms with Crippen molar-refractivity contribution in [2.24, 2.45) is 5.10 Å². The molecule has 0 unspecified atom stereocenters. The topological polar surface area (TPSA) is 28.7 Å². The monoisotopic (exact) mass is 372 g/mol. The van der Waals surface area contributed by atoms with Crippen molar-refractivity contribution in [3.05, 3.63) is 75.3 Å². The summed E-state index contributed by atoms with van der Waals surface area (Å²) in [6.45, 7) is 0. The number of furan rings is 1. The van der Waals surface area contributed by atoms with Crippen molar-refractivity contribution < 1.29 is 4.42 Å². The second-order valence-corrected chi connectivity index (χ2v) is 6.94. The predicted molar refractivity (Wildman–Crippen MR) is 93.5 cm³/mol. The third-order valence-corrected chi connectivity index (χ3v) is 5.13. The zero-order chi connectivity index (χ0) is 14.9. The Kier molecular flexibility index (Phi) is 3.60. The summed E-state index contributed by atoms with van der Waals surface area (Å²) in [4.78, 5) is 1.22. The number of hydrazone groups is 1. The van der Waals surface area contributed by atoms with Gasteiger partial charge >= 0.3 is 0 Å². The summed E-state index contributed by atoms with van der Waals surface area (Å²) in [5.74, 6) is 0.943. The Balaban J connectivity index is 1.74. The fourth-order valence-electron chi connectivity index (χ4n) is 2.64. The largest absolute Gasteiger partial charge is 0.467 e. The molecular formula is C17H13BrN2OS. The van der Waals surface area contributed by atoms with E-state index in [2.05, 4.69) is 50.6 Å². The molecule has 5 heteroatoms. The molecule has 110 valence electrons. The summed E-state index contributed by atoms with van der Waals surface area (Å²) in [7, 11) is 0. The molecule has 3 aromatic rings. The Hall–Kier alpha value is -1.85. The number of nitrogens with zero attached hydrogens (tertiary/aromatic N) is 2. The van der Waals surface area contributed by atoms with Crippen molar-refractivity contribution in [3.63, 3.8) is 0 Å². The van der Waals surface area contributed by atoms with Crippen LogP contribution < -0.4 is 5.01 Å². The molecule has 4 rings (SSSR count). The van der Waals surface area contributed by atoms with Crippen molar-refractivity contribution in [2.75, 3.05) is 5.01 Å². The molecule has 0 bridgehead atoms. The van der Waals surface area contributed by atoms with Gasteiger partial charge in [0.2, 0.25) is 0 Å². The van der Waals surface area contributed by atoms with E-state index in [0.717, 1.165) is 28.1 Å². The number of benzene rings is 1. The van der Waals surface area contributed by atoms with E-state index in [4.69, 9.17) is 9.52 Å². The van der Waals surface area contributed by atoms with E-state index >= 15 is 0 Å². The minimum Gasteiger partial charge on any atom is -0.467 e. The minimum absolute atomic E-state index is 0.105. The number of rotatable bonds is 3. The Morgan fingerprint density at radius 1 is 1.14 bits per heavy atom. The molecule has 0 N–H and O–H groups in total. The zero-order valence-corrected chi connectivity index (χ0v) is 14.0. The highest BCUT2D eigenvalue weighted by atomic mass is 79.9. The van der Waals surface area contributed by atoms with E-state index in [1.807, 2.05) is 24.3 Å². The molecule has 3 nitrogen and oxygen atoms in total. The molecule has 3 heterocycles. The number of hydrogen-bond acceptors (Lipinski definition) is 4. The third-order valence-electron chi connectivity index (χ3n) is 3.68. The Bertz CT molecular complexity index is 779. The van der Waals surface area contributed by atoms with Crippen LogP contribution in [0.3, 0.4) is 0 Å². The van der Waals surface area contributed by atoms with Gasteiger partial charge in [-0.25, -0.2) is 0 Å². The van der Waals surface area contributed by atoms with Gasteiger partial charge in [0.15, 0.2) is 0 Å². The predicted octanol–water partition coefficient (Wildman–Crippen LogP) is 5.46. The summed E-state index contributed by atoms with van der Waals surface area (Å²) >= 11 is 5.20. The number of halogens is 1. The molecule has 0 saturated carbocycles. The molecule has 22 heavy (non-hydrogen) atoms. The second-order valence-electron chi connectivity index (χ2n) is 5.08. The van der Waals surface area contributed by atoms with Crippen LogP contribution in [-0.2, 0) is 0 Å². The van der Waals surface area contributed by atoms with Gasteiger partial charge in [0.05, 0.1) is 22.5 Å². The first-order valence-corrected chi connectivity index (χ1v) is 8.68. The Morgan fingerprint density at radius 2 is 2.00 bits per heavy atom. The molecule has 0 saturated heterocycles. The van der Waals surface area contributed by atoms with Crippen molar-refractivity contribution in [1.82, 2.24) is 0 Å². The van der Waals surface area contributed by atoms with Crippen molar-refractivity contribution in [3.8, 4) is 0 Å². The zero-order valence-electron chi connectivity index (χ0n) is 11.6. The van der Waals surface area contributed by atoms with E-state index in [9.17, 15) is 0 Å². The maximum absolute atomic E-state index is 5.64. The SMILES string of the molecule is Brc1ccc(N2N=C(c3cccs3)C[C@@H]2c2ccco2)cc1. The molecule has 1 aliphatic heterocycles. The Morgan fingerprint density at radius 3 is 2.68 bits per heavy atom. The van der Waals surface area contributed by atoms with Gasteiger partial charge in [-0.2, -0.15) is 5.10 Å². The third kappa shape index (κ3) is 2.51. The highest BCUT2D eigenvalue weighted by Crippen LogP contribution is 2.37. The van der Waals surface area contributed by atoms with E-state index in [-0.39, 0.29) is 6.04 Å². The lowest BCUT2D eigenvalue weighted by Gasteiger charge is -2.21. The fourth-order valence-corrected chi connectivity index (χ4v) is 3.62.